The smallest absolute Gasteiger partial charge is 0.243 e. The highest BCUT2D eigenvalue weighted by Gasteiger charge is 2.29. The highest BCUT2D eigenvalue weighted by atomic mass is 32.1. The molecular formula is C18H18N4OS. The molecule has 4 rings (SSSR count). The second-order valence-corrected chi connectivity index (χ2v) is 6.91. The molecule has 6 heteroatoms. The molecule has 1 aromatic carbocycles. The number of anilines is 1. The first kappa shape index (κ1) is 15.1. The maximum absolute atomic E-state index is 12.1. The second kappa shape index (κ2) is 5.87. The van der Waals surface area contributed by atoms with Gasteiger partial charge in [0.25, 0.3) is 0 Å². The minimum Gasteiger partial charge on any atom is -0.329 e. The third-order valence-electron chi connectivity index (χ3n) is 4.24. The molecule has 0 unspecified atom stereocenters. The van der Waals surface area contributed by atoms with Crippen LogP contribution in [-0.2, 0) is 4.79 Å². The van der Waals surface area contributed by atoms with E-state index >= 15 is 0 Å². The fourth-order valence-electron chi connectivity index (χ4n) is 3.01. The molecule has 0 bridgehead atoms. The van der Waals surface area contributed by atoms with Crippen LogP contribution in [0, 0.1) is 6.92 Å². The van der Waals surface area contributed by atoms with E-state index in [1.54, 1.807) is 11.3 Å². The zero-order valence-corrected chi connectivity index (χ0v) is 14.5. The largest absolute Gasteiger partial charge is 0.329 e. The summed E-state index contributed by atoms with van der Waals surface area (Å²) in [4.78, 5) is 27.3. The lowest BCUT2D eigenvalue weighted by Crippen LogP contribution is -2.27. The Kier molecular flexibility index (Phi) is 3.69. The van der Waals surface area contributed by atoms with Gasteiger partial charge in [-0.05, 0) is 25.5 Å². The summed E-state index contributed by atoms with van der Waals surface area (Å²) in [5, 5.41) is 1.02. The molecule has 0 spiro atoms. The van der Waals surface area contributed by atoms with Crippen molar-refractivity contribution in [3.63, 3.8) is 0 Å². The maximum Gasteiger partial charge on any atom is 0.243 e. The molecular weight excluding hydrogens is 320 g/mol. The van der Waals surface area contributed by atoms with Crippen molar-refractivity contribution in [3.8, 4) is 10.4 Å². The molecule has 0 atom stereocenters. The van der Waals surface area contributed by atoms with Crippen LogP contribution in [0.15, 0.2) is 36.4 Å². The van der Waals surface area contributed by atoms with Gasteiger partial charge in [-0.15, -0.1) is 11.3 Å². The number of aromatic nitrogens is 2. The molecule has 24 heavy (non-hydrogen) atoms. The maximum atomic E-state index is 12.1. The van der Waals surface area contributed by atoms with Crippen LogP contribution >= 0.6 is 11.3 Å². The Labute approximate surface area is 144 Å². The van der Waals surface area contributed by atoms with Crippen molar-refractivity contribution < 1.29 is 4.79 Å². The number of nitrogens with zero attached hydrogens (tertiary/aromatic N) is 4. The number of hydrogen-bond acceptors (Lipinski definition) is 5. The molecule has 2 aromatic heterocycles. The Morgan fingerprint density at radius 1 is 1.21 bits per heavy atom. The van der Waals surface area contributed by atoms with Crippen LogP contribution in [0.2, 0.25) is 0 Å². The summed E-state index contributed by atoms with van der Waals surface area (Å²) >= 11 is 1.67. The second-order valence-electron chi connectivity index (χ2n) is 5.88. The molecule has 0 saturated carbocycles. The number of thiophene rings is 1. The average Bonchev–Trinajstić information content (AvgIpc) is 3.18. The predicted molar refractivity (Wildman–Crippen MR) is 97.2 cm³/mol. The van der Waals surface area contributed by atoms with Gasteiger partial charge in [0.2, 0.25) is 5.91 Å². The fourth-order valence-corrected chi connectivity index (χ4v) is 4.09. The number of carbonyl (C=O) groups excluding carboxylic acids is 1. The van der Waals surface area contributed by atoms with E-state index in [-0.39, 0.29) is 5.91 Å². The summed E-state index contributed by atoms with van der Waals surface area (Å²) in [7, 11) is 0. The van der Waals surface area contributed by atoms with Crippen molar-refractivity contribution in [2.24, 2.45) is 0 Å². The number of likely N-dealkylation sites (N-methyl/N-ethyl adjacent to an activating group) is 1. The third kappa shape index (κ3) is 2.53. The fraction of sp³-hybridized carbons (Fsp3) is 0.278. The lowest BCUT2D eigenvalue weighted by Gasteiger charge is -2.18. The number of carbonyl (C=O) groups is 1. The molecule has 0 aliphatic carbocycles. The van der Waals surface area contributed by atoms with Crippen LogP contribution < -0.4 is 4.90 Å². The van der Waals surface area contributed by atoms with E-state index in [1.807, 2.05) is 41.8 Å². The van der Waals surface area contributed by atoms with E-state index < -0.39 is 0 Å². The van der Waals surface area contributed by atoms with Crippen LogP contribution in [0.25, 0.3) is 20.7 Å². The lowest BCUT2D eigenvalue weighted by molar-refractivity contribution is -0.126. The van der Waals surface area contributed by atoms with Gasteiger partial charge in [-0.1, -0.05) is 30.3 Å². The molecule has 122 valence electrons. The summed E-state index contributed by atoms with van der Waals surface area (Å²) in [5.41, 5.74) is 1.18. The normalized spacial score (nSPS) is 14.8. The molecule has 0 radical (unpaired) electrons. The third-order valence-corrected chi connectivity index (χ3v) is 5.32. The van der Waals surface area contributed by atoms with E-state index in [0.29, 0.717) is 13.2 Å². The topological polar surface area (TPSA) is 49.3 Å². The van der Waals surface area contributed by atoms with Gasteiger partial charge in [0, 0.05) is 11.4 Å². The number of hydrogen-bond donors (Lipinski definition) is 0. The molecule has 1 saturated heterocycles. The Hall–Kier alpha value is -2.47. The zero-order valence-electron chi connectivity index (χ0n) is 13.7. The molecule has 3 aromatic rings. The summed E-state index contributed by atoms with van der Waals surface area (Å²) in [6.45, 7) is 5.61. The van der Waals surface area contributed by atoms with Crippen molar-refractivity contribution in [3.05, 3.63) is 42.2 Å². The molecule has 0 N–H and O–H groups in total. The van der Waals surface area contributed by atoms with Crippen LogP contribution in [0.3, 0.4) is 0 Å². The highest BCUT2D eigenvalue weighted by molar-refractivity contribution is 7.21. The van der Waals surface area contributed by atoms with Gasteiger partial charge in [-0.3, -0.25) is 4.79 Å². The van der Waals surface area contributed by atoms with Crippen LogP contribution in [0.1, 0.15) is 12.7 Å². The van der Waals surface area contributed by atoms with Gasteiger partial charge in [0.15, 0.2) is 0 Å². The predicted octanol–water partition coefficient (Wildman–Crippen LogP) is 3.29. The first-order valence-corrected chi connectivity index (χ1v) is 8.83. The van der Waals surface area contributed by atoms with E-state index in [0.717, 1.165) is 28.4 Å². The Morgan fingerprint density at radius 3 is 2.71 bits per heavy atom. The zero-order chi connectivity index (χ0) is 16.7. The summed E-state index contributed by atoms with van der Waals surface area (Å²) in [6.07, 6.45) is 0. The average molecular weight is 338 g/mol. The Morgan fingerprint density at radius 2 is 2.00 bits per heavy atom. The number of amides is 1. The number of benzene rings is 1. The van der Waals surface area contributed by atoms with Gasteiger partial charge in [0.1, 0.15) is 23.0 Å². The van der Waals surface area contributed by atoms with Crippen molar-refractivity contribution in [2.75, 3.05) is 24.7 Å². The first-order chi connectivity index (χ1) is 11.7. The monoisotopic (exact) mass is 338 g/mol. The first-order valence-electron chi connectivity index (χ1n) is 8.02. The molecule has 1 aliphatic rings. The van der Waals surface area contributed by atoms with Crippen molar-refractivity contribution in [1.29, 1.82) is 0 Å². The van der Waals surface area contributed by atoms with Gasteiger partial charge < -0.3 is 9.80 Å². The molecule has 1 aliphatic heterocycles. The molecule has 3 heterocycles. The lowest BCUT2D eigenvalue weighted by atomic mass is 10.2. The molecule has 5 nitrogen and oxygen atoms in total. The summed E-state index contributed by atoms with van der Waals surface area (Å²) in [6, 6.07) is 12.4. The number of rotatable bonds is 3. The Balaban J connectivity index is 1.81. The van der Waals surface area contributed by atoms with Crippen LogP contribution in [0.5, 0.6) is 0 Å². The van der Waals surface area contributed by atoms with E-state index in [4.69, 9.17) is 0 Å². The van der Waals surface area contributed by atoms with Crippen molar-refractivity contribution in [2.45, 2.75) is 13.8 Å². The van der Waals surface area contributed by atoms with Gasteiger partial charge >= 0.3 is 0 Å². The summed E-state index contributed by atoms with van der Waals surface area (Å²) < 4.78 is 0. The van der Waals surface area contributed by atoms with Crippen LogP contribution in [-0.4, -0.2) is 40.5 Å². The van der Waals surface area contributed by atoms with Crippen molar-refractivity contribution >= 4 is 33.3 Å². The van der Waals surface area contributed by atoms with E-state index in [9.17, 15) is 4.79 Å². The minimum atomic E-state index is 0.153. The minimum absolute atomic E-state index is 0.153. The van der Waals surface area contributed by atoms with Gasteiger partial charge in [-0.2, -0.15) is 0 Å². The van der Waals surface area contributed by atoms with E-state index in [1.165, 1.54) is 10.4 Å². The SMILES string of the molecule is CCN1CN(c2nc(C)nc3sc(-c4ccccc4)cc23)CC1=O. The summed E-state index contributed by atoms with van der Waals surface area (Å²) in [5.74, 6) is 1.75. The quantitative estimate of drug-likeness (QED) is 0.735. The van der Waals surface area contributed by atoms with Gasteiger partial charge in [0.05, 0.1) is 12.1 Å². The van der Waals surface area contributed by atoms with Gasteiger partial charge in [-0.25, -0.2) is 9.97 Å². The Bertz CT molecular complexity index is 906. The number of fused-ring (bicyclic) bond motifs is 1. The molecule has 1 fully saturated rings. The van der Waals surface area contributed by atoms with E-state index in [2.05, 4.69) is 28.2 Å². The van der Waals surface area contributed by atoms with Crippen molar-refractivity contribution in [1.82, 2.24) is 14.9 Å². The van der Waals surface area contributed by atoms with Crippen LogP contribution in [0.4, 0.5) is 5.82 Å². The highest BCUT2D eigenvalue weighted by Crippen LogP contribution is 2.37. The molecule has 1 amide bonds. The standard InChI is InChI=1S/C18H18N4OS/c1-3-21-11-22(10-16(21)23)17-14-9-15(13-7-5-4-6-8-13)24-18(14)20-12(2)19-17/h4-9H,3,10-11H2,1-2H3. The number of aryl methyl sites for hydroxylation is 1.